The number of benzene rings is 3. The van der Waals surface area contributed by atoms with Gasteiger partial charge in [-0.2, -0.15) is 0 Å². The average Bonchev–Trinajstić information content (AvgIpc) is 3.61. The highest BCUT2D eigenvalue weighted by Gasteiger charge is 2.43. The summed E-state index contributed by atoms with van der Waals surface area (Å²) < 4.78 is 11.1. The second kappa shape index (κ2) is 14.6. The van der Waals surface area contributed by atoms with E-state index >= 15 is 0 Å². The number of aryl methyl sites for hydroxylation is 2. The fourth-order valence-corrected chi connectivity index (χ4v) is 7.18. The zero-order chi connectivity index (χ0) is 34.7. The summed E-state index contributed by atoms with van der Waals surface area (Å²) in [5.74, 6) is 0.280. The van der Waals surface area contributed by atoms with Crippen LogP contribution in [0, 0.1) is 13.8 Å². The van der Waals surface area contributed by atoms with Crippen molar-refractivity contribution in [2.75, 3.05) is 51.8 Å². The third kappa shape index (κ3) is 6.78. The zero-order valence-corrected chi connectivity index (χ0v) is 28.9. The van der Waals surface area contributed by atoms with Gasteiger partial charge < -0.3 is 24.7 Å². The van der Waals surface area contributed by atoms with E-state index in [1.807, 2.05) is 50.2 Å². The van der Waals surface area contributed by atoms with Crippen molar-refractivity contribution in [1.29, 1.82) is 0 Å². The predicted molar refractivity (Wildman–Crippen MR) is 190 cm³/mol. The molecule has 1 saturated heterocycles. The molecule has 1 aromatic heterocycles. The van der Waals surface area contributed by atoms with Crippen LogP contribution in [0.15, 0.2) is 72.8 Å². The molecule has 0 spiro atoms. The SMILES string of the molecule is COc1ccc([C@@H](CCCNC(=O)c2cc(C)[nH]c2C)N2C(=O)c3cccc(N4CCN([C@H](C)c5ccccc5)CC4)c3C2=O)cc1OC. The van der Waals surface area contributed by atoms with E-state index in [0.29, 0.717) is 47.6 Å². The van der Waals surface area contributed by atoms with E-state index in [0.717, 1.165) is 48.8 Å². The number of ether oxygens (including phenoxy) is 2. The number of methoxy groups -OCH3 is 2. The molecule has 2 aliphatic rings. The standard InChI is InChI=1S/C39H45N5O5/c1-25-23-31(26(2)41-25)37(45)40-18-10-15-32(29-16-17-34(48-4)35(24-29)49-5)44-38(46)30-13-9-14-33(36(30)39(44)47)43-21-19-42(20-22-43)27(3)28-11-7-6-8-12-28/h6-9,11-14,16-17,23-24,27,32,41H,10,15,18-22H2,1-5H3,(H,40,45)/t27-,32-/m1/s1. The number of hydrogen-bond donors (Lipinski definition) is 2. The molecular weight excluding hydrogens is 618 g/mol. The molecular formula is C39H45N5O5. The number of anilines is 1. The number of aromatic nitrogens is 1. The highest BCUT2D eigenvalue weighted by molar-refractivity contribution is 6.24. The molecule has 0 unspecified atom stereocenters. The highest BCUT2D eigenvalue weighted by Crippen LogP contribution is 2.40. The summed E-state index contributed by atoms with van der Waals surface area (Å²) in [6.45, 7) is 9.57. The maximum atomic E-state index is 14.4. The molecule has 0 saturated carbocycles. The van der Waals surface area contributed by atoms with Gasteiger partial charge in [0, 0.05) is 50.2 Å². The molecule has 256 valence electrons. The van der Waals surface area contributed by atoms with E-state index in [9.17, 15) is 14.4 Å². The van der Waals surface area contributed by atoms with Crippen LogP contribution in [0.3, 0.4) is 0 Å². The fourth-order valence-electron chi connectivity index (χ4n) is 7.18. The number of H-pyrrole nitrogens is 1. The smallest absolute Gasteiger partial charge is 0.264 e. The van der Waals surface area contributed by atoms with Crippen molar-refractivity contribution in [1.82, 2.24) is 20.1 Å². The minimum absolute atomic E-state index is 0.159. The normalized spacial score (nSPS) is 16.0. The van der Waals surface area contributed by atoms with Crippen LogP contribution < -0.4 is 19.7 Å². The Morgan fingerprint density at radius 1 is 0.857 bits per heavy atom. The maximum Gasteiger partial charge on any atom is 0.264 e. The van der Waals surface area contributed by atoms with Crippen LogP contribution in [-0.4, -0.2) is 79.4 Å². The van der Waals surface area contributed by atoms with Crippen molar-refractivity contribution in [2.45, 2.75) is 45.7 Å². The third-order valence-corrected chi connectivity index (χ3v) is 9.85. The predicted octanol–water partition coefficient (Wildman–Crippen LogP) is 6.08. The molecule has 4 aromatic rings. The molecule has 3 aromatic carbocycles. The van der Waals surface area contributed by atoms with Crippen molar-refractivity contribution in [2.24, 2.45) is 0 Å². The first-order valence-corrected chi connectivity index (χ1v) is 16.9. The quantitative estimate of drug-likeness (QED) is 0.140. The summed E-state index contributed by atoms with van der Waals surface area (Å²) in [5.41, 5.74) is 6.04. The Labute approximate surface area is 288 Å². The van der Waals surface area contributed by atoms with Gasteiger partial charge in [0.05, 0.1) is 42.6 Å². The van der Waals surface area contributed by atoms with Crippen LogP contribution >= 0.6 is 0 Å². The lowest BCUT2D eigenvalue weighted by atomic mass is 9.99. The van der Waals surface area contributed by atoms with Gasteiger partial charge in [-0.3, -0.25) is 24.2 Å². The Morgan fingerprint density at radius 3 is 2.27 bits per heavy atom. The minimum Gasteiger partial charge on any atom is -0.493 e. The molecule has 0 aliphatic carbocycles. The average molecular weight is 664 g/mol. The number of imide groups is 1. The fraction of sp³-hybridized carbons (Fsp3) is 0.359. The van der Waals surface area contributed by atoms with Crippen LogP contribution in [0.5, 0.6) is 11.5 Å². The van der Waals surface area contributed by atoms with Gasteiger partial charge in [0.25, 0.3) is 17.7 Å². The van der Waals surface area contributed by atoms with Gasteiger partial charge in [-0.05, 0) is 75.1 Å². The van der Waals surface area contributed by atoms with Gasteiger partial charge in [0.1, 0.15) is 0 Å². The zero-order valence-electron chi connectivity index (χ0n) is 28.9. The van der Waals surface area contributed by atoms with Gasteiger partial charge in [-0.25, -0.2) is 0 Å². The summed E-state index contributed by atoms with van der Waals surface area (Å²) in [5, 5.41) is 3.00. The molecule has 2 N–H and O–H groups in total. The largest absolute Gasteiger partial charge is 0.493 e. The first kappa shape index (κ1) is 33.8. The summed E-state index contributed by atoms with van der Waals surface area (Å²) in [7, 11) is 3.13. The van der Waals surface area contributed by atoms with Gasteiger partial charge in [-0.1, -0.05) is 42.5 Å². The van der Waals surface area contributed by atoms with Crippen molar-refractivity contribution in [3.8, 4) is 11.5 Å². The van der Waals surface area contributed by atoms with Crippen LogP contribution in [-0.2, 0) is 0 Å². The summed E-state index contributed by atoms with van der Waals surface area (Å²) in [4.78, 5) is 50.7. The van der Waals surface area contributed by atoms with Crippen molar-refractivity contribution in [3.05, 3.63) is 112 Å². The minimum atomic E-state index is -0.586. The number of aromatic amines is 1. The molecule has 0 radical (unpaired) electrons. The molecule has 0 bridgehead atoms. The lowest BCUT2D eigenvalue weighted by Crippen LogP contribution is -2.47. The highest BCUT2D eigenvalue weighted by atomic mass is 16.5. The van der Waals surface area contributed by atoms with E-state index in [2.05, 4.69) is 51.3 Å². The first-order chi connectivity index (χ1) is 23.7. The second-order valence-corrected chi connectivity index (χ2v) is 12.8. The summed E-state index contributed by atoms with van der Waals surface area (Å²) >= 11 is 0. The van der Waals surface area contributed by atoms with E-state index in [4.69, 9.17) is 9.47 Å². The van der Waals surface area contributed by atoms with Crippen LogP contribution in [0.2, 0.25) is 0 Å². The van der Waals surface area contributed by atoms with Crippen molar-refractivity contribution >= 4 is 23.4 Å². The molecule has 10 heteroatoms. The maximum absolute atomic E-state index is 14.4. The van der Waals surface area contributed by atoms with Crippen molar-refractivity contribution in [3.63, 3.8) is 0 Å². The van der Waals surface area contributed by atoms with Crippen LogP contribution in [0.4, 0.5) is 5.69 Å². The number of piperazine rings is 1. The Morgan fingerprint density at radius 2 is 1.59 bits per heavy atom. The van der Waals surface area contributed by atoms with Gasteiger partial charge in [0.15, 0.2) is 11.5 Å². The van der Waals surface area contributed by atoms with E-state index < -0.39 is 6.04 Å². The number of fused-ring (bicyclic) bond motifs is 1. The van der Waals surface area contributed by atoms with Crippen LogP contribution in [0.1, 0.15) is 85.4 Å². The molecule has 1 fully saturated rings. The lowest BCUT2D eigenvalue weighted by Gasteiger charge is -2.39. The number of hydrogen-bond acceptors (Lipinski definition) is 7. The van der Waals surface area contributed by atoms with Crippen LogP contribution in [0.25, 0.3) is 0 Å². The molecule has 49 heavy (non-hydrogen) atoms. The lowest BCUT2D eigenvalue weighted by molar-refractivity contribution is 0.0570. The van der Waals surface area contributed by atoms with E-state index in [1.165, 1.54) is 10.5 Å². The molecule has 10 nitrogen and oxygen atoms in total. The molecule has 6 rings (SSSR count). The molecule has 3 heterocycles. The Bertz CT molecular complexity index is 1830. The number of nitrogens with one attached hydrogen (secondary N) is 2. The first-order valence-electron chi connectivity index (χ1n) is 16.9. The summed E-state index contributed by atoms with van der Waals surface area (Å²) in [6, 6.07) is 23.1. The second-order valence-electron chi connectivity index (χ2n) is 12.8. The van der Waals surface area contributed by atoms with E-state index in [1.54, 1.807) is 26.4 Å². The van der Waals surface area contributed by atoms with Gasteiger partial charge >= 0.3 is 0 Å². The number of amides is 3. The number of carbonyl (C=O) groups is 3. The Kier molecular flexibility index (Phi) is 10.1. The Balaban J connectivity index is 1.22. The van der Waals surface area contributed by atoms with Gasteiger partial charge in [0.2, 0.25) is 0 Å². The molecule has 2 atom stereocenters. The van der Waals surface area contributed by atoms with Crippen molar-refractivity contribution < 1.29 is 23.9 Å². The number of rotatable bonds is 12. The third-order valence-electron chi connectivity index (χ3n) is 9.85. The molecule has 3 amide bonds. The number of carbonyl (C=O) groups excluding carboxylic acids is 3. The summed E-state index contributed by atoms with van der Waals surface area (Å²) in [6.07, 6.45) is 0.979. The topological polar surface area (TPSA) is 107 Å². The Hall–Kier alpha value is -5.09. The van der Waals surface area contributed by atoms with E-state index in [-0.39, 0.29) is 23.8 Å². The molecule has 2 aliphatic heterocycles. The monoisotopic (exact) mass is 663 g/mol. The van der Waals surface area contributed by atoms with Gasteiger partial charge in [-0.15, -0.1) is 0 Å². The number of nitrogens with zero attached hydrogens (tertiary/aromatic N) is 3.